The van der Waals surface area contributed by atoms with Gasteiger partial charge in [0, 0.05) is 50.9 Å². The fourth-order valence-corrected chi connectivity index (χ4v) is 4.45. The van der Waals surface area contributed by atoms with Gasteiger partial charge in [0.25, 0.3) is 0 Å². The van der Waals surface area contributed by atoms with Crippen molar-refractivity contribution in [2.24, 2.45) is 5.92 Å². The van der Waals surface area contributed by atoms with Crippen LogP contribution in [-0.2, 0) is 13.0 Å². The molecule has 8 nitrogen and oxygen atoms in total. The van der Waals surface area contributed by atoms with E-state index >= 15 is 0 Å². The fourth-order valence-electron chi connectivity index (χ4n) is 4.45. The van der Waals surface area contributed by atoms with Crippen LogP contribution in [-0.4, -0.2) is 50.7 Å². The van der Waals surface area contributed by atoms with Crippen molar-refractivity contribution >= 4 is 17.5 Å². The van der Waals surface area contributed by atoms with Gasteiger partial charge in [-0.2, -0.15) is 0 Å². The summed E-state index contributed by atoms with van der Waals surface area (Å²) in [5.74, 6) is 3.24. The number of aromatic nitrogens is 5. The van der Waals surface area contributed by atoms with E-state index in [-0.39, 0.29) is 0 Å². The predicted octanol–water partition coefficient (Wildman–Crippen LogP) is 2.51. The number of fused-ring (bicyclic) bond motifs is 3. The molecule has 3 aromatic rings. The summed E-state index contributed by atoms with van der Waals surface area (Å²) >= 11 is 0. The van der Waals surface area contributed by atoms with E-state index in [4.69, 9.17) is 9.97 Å². The van der Waals surface area contributed by atoms with Crippen LogP contribution in [0, 0.1) is 12.8 Å². The van der Waals surface area contributed by atoms with Crippen molar-refractivity contribution in [2.75, 3.05) is 36.4 Å². The minimum atomic E-state index is 0.568. The van der Waals surface area contributed by atoms with Crippen molar-refractivity contribution in [1.29, 1.82) is 0 Å². The number of hydrogen-bond donors (Lipinski definition) is 2. The first-order valence-electron chi connectivity index (χ1n) is 10.9. The van der Waals surface area contributed by atoms with Crippen molar-refractivity contribution in [2.45, 2.75) is 32.7 Å². The Hall–Kier alpha value is -3.00. The number of nitrogens with one attached hydrogen (secondary N) is 2. The number of rotatable bonds is 5. The highest BCUT2D eigenvalue weighted by Gasteiger charge is 2.30. The first kappa shape index (κ1) is 17.8. The second-order valence-electron chi connectivity index (χ2n) is 8.52. The van der Waals surface area contributed by atoms with Crippen molar-refractivity contribution in [1.82, 2.24) is 29.8 Å². The fraction of sp³-hybridized carbons (Fsp3) is 0.455. The Morgan fingerprint density at radius 1 is 1.07 bits per heavy atom. The maximum Gasteiger partial charge on any atom is 0.228 e. The average molecular weight is 403 g/mol. The lowest BCUT2D eigenvalue weighted by molar-refractivity contribution is 0.589. The van der Waals surface area contributed by atoms with Crippen LogP contribution in [0.1, 0.15) is 29.9 Å². The van der Waals surface area contributed by atoms with Gasteiger partial charge in [-0.3, -0.25) is 0 Å². The van der Waals surface area contributed by atoms with Gasteiger partial charge in [0.2, 0.25) is 5.95 Å². The van der Waals surface area contributed by atoms with E-state index < -0.39 is 0 Å². The summed E-state index contributed by atoms with van der Waals surface area (Å²) < 4.78 is 2.39. The lowest BCUT2D eigenvalue weighted by Gasteiger charge is -2.29. The molecule has 0 aromatic carbocycles. The molecule has 0 amide bonds. The molecule has 0 atom stereocenters. The minimum absolute atomic E-state index is 0.568. The van der Waals surface area contributed by atoms with Crippen LogP contribution in [0.15, 0.2) is 24.5 Å². The molecule has 2 aliphatic carbocycles. The Bertz CT molecular complexity index is 1080. The number of hydrogen-bond acceptors (Lipinski definition) is 7. The Morgan fingerprint density at radius 2 is 1.93 bits per heavy atom. The molecule has 0 bridgehead atoms. The second-order valence-corrected chi connectivity index (χ2v) is 8.52. The van der Waals surface area contributed by atoms with Gasteiger partial charge in [0.15, 0.2) is 0 Å². The summed E-state index contributed by atoms with van der Waals surface area (Å²) in [6, 6.07) is 4.10. The van der Waals surface area contributed by atoms with Gasteiger partial charge in [-0.05, 0) is 37.8 Å². The Balaban J connectivity index is 1.22. The number of nitrogens with zero attached hydrogens (tertiary/aromatic N) is 6. The maximum atomic E-state index is 4.84. The molecule has 154 valence electrons. The smallest absolute Gasteiger partial charge is 0.228 e. The lowest BCUT2D eigenvalue weighted by Crippen LogP contribution is -2.43. The Labute approximate surface area is 175 Å². The van der Waals surface area contributed by atoms with Crippen molar-refractivity contribution in [3.8, 4) is 11.4 Å². The Morgan fingerprint density at radius 3 is 2.70 bits per heavy atom. The van der Waals surface area contributed by atoms with Gasteiger partial charge >= 0.3 is 0 Å². The van der Waals surface area contributed by atoms with Crippen molar-refractivity contribution < 1.29 is 0 Å². The van der Waals surface area contributed by atoms with Gasteiger partial charge < -0.3 is 20.1 Å². The van der Waals surface area contributed by atoms with Crippen LogP contribution in [0.25, 0.3) is 11.4 Å². The molecule has 30 heavy (non-hydrogen) atoms. The molecule has 1 saturated carbocycles. The molecular formula is C22H26N8. The zero-order chi connectivity index (χ0) is 20.1. The minimum Gasteiger partial charge on any atom is -0.368 e. The molecule has 4 heterocycles. The Kier molecular flexibility index (Phi) is 4.19. The van der Waals surface area contributed by atoms with Crippen LogP contribution >= 0.6 is 0 Å². The van der Waals surface area contributed by atoms with Crippen LogP contribution in [0.3, 0.4) is 0 Å². The monoisotopic (exact) mass is 402 g/mol. The highest BCUT2D eigenvalue weighted by atomic mass is 15.2. The lowest BCUT2D eigenvalue weighted by atomic mass is 10.2. The van der Waals surface area contributed by atoms with Gasteiger partial charge in [0.05, 0.1) is 23.3 Å². The number of aryl methyl sites for hydroxylation is 1. The molecule has 2 fully saturated rings. The predicted molar refractivity (Wildman–Crippen MR) is 116 cm³/mol. The van der Waals surface area contributed by atoms with Crippen LogP contribution in [0.4, 0.5) is 17.5 Å². The molecule has 2 N–H and O–H groups in total. The van der Waals surface area contributed by atoms with Gasteiger partial charge in [0.1, 0.15) is 17.3 Å². The molecule has 1 saturated heterocycles. The average Bonchev–Trinajstić information content (AvgIpc) is 3.47. The number of piperazine rings is 1. The zero-order valence-corrected chi connectivity index (χ0v) is 17.2. The summed E-state index contributed by atoms with van der Waals surface area (Å²) in [6.45, 7) is 7.24. The second kappa shape index (κ2) is 7.05. The number of imidazole rings is 1. The van der Waals surface area contributed by atoms with Crippen LogP contribution < -0.4 is 15.5 Å². The summed E-state index contributed by atoms with van der Waals surface area (Å²) in [5.41, 5.74) is 5.58. The first-order chi connectivity index (χ1) is 14.7. The van der Waals surface area contributed by atoms with Crippen LogP contribution in [0.2, 0.25) is 0 Å². The quantitative estimate of drug-likeness (QED) is 0.531. The molecule has 0 radical (unpaired) electrons. The summed E-state index contributed by atoms with van der Waals surface area (Å²) in [6.07, 6.45) is 7.40. The highest BCUT2D eigenvalue weighted by molar-refractivity contribution is 5.70. The van der Waals surface area contributed by atoms with E-state index in [9.17, 15) is 0 Å². The third kappa shape index (κ3) is 3.21. The SMILES string of the molecule is Cc1nc2c(n1CC1CC1)Cc1cnc(Nc3ccc(N4CCNCC4)cn3)nc1-2. The van der Waals surface area contributed by atoms with Crippen LogP contribution in [0.5, 0.6) is 0 Å². The standard InChI is InChI=1S/C22H26N8/c1-14-26-21-18(30(14)13-15-2-3-15)10-16-11-25-22(28-20(16)21)27-19-5-4-17(12-24-19)29-8-6-23-7-9-29/h4-5,11-12,15,23H,2-3,6-10,13H2,1H3,(H,24,25,27,28). The van der Waals surface area contributed by atoms with E-state index in [1.807, 2.05) is 18.5 Å². The maximum absolute atomic E-state index is 4.84. The molecule has 0 spiro atoms. The van der Waals surface area contributed by atoms with E-state index in [0.717, 1.165) is 79.3 Å². The van der Waals surface area contributed by atoms with E-state index in [1.54, 1.807) is 0 Å². The summed E-state index contributed by atoms with van der Waals surface area (Å²) in [4.78, 5) is 21.1. The van der Waals surface area contributed by atoms with Crippen molar-refractivity contribution in [3.05, 3.63) is 41.6 Å². The molecule has 1 aliphatic heterocycles. The molecule has 0 unspecified atom stereocenters. The highest BCUT2D eigenvalue weighted by Crippen LogP contribution is 2.38. The van der Waals surface area contributed by atoms with Crippen molar-refractivity contribution in [3.63, 3.8) is 0 Å². The summed E-state index contributed by atoms with van der Waals surface area (Å²) in [7, 11) is 0. The number of pyridine rings is 1. The third-order valence-electron chi connectivity index (χ3n) is 6.32. The molecule has 6 rings (SSSR count). The first-order valence-corrected chi connectivity index (χ1v) is 10.9. The molecule has 8 heteroatoms. The van der Waals surface area contributed by atoms with Gasteiger partial charge in [-0.25, -0.2) is 19.9 Å². The molecule has 3 aliphatic rings. The van der Waals surface area contributed by atoms with E-state index in [1.165, 1.54) is 18.5 Å². The zero-order valence-electron chi connectivity index (χ0n) is 17.2. The third-order valence-corrected chi connectivity index (χ3v) is 6.32. The van der Waals surface area contributed by atoms with E-state index in [0.29, 0.717) is 5.95 Å². The normalized spacial score (nSPS) is 17.7. The van der Waals surface area contributed by atoms with Gasteiger partial charge in [-0.1, -0.05) is 0 Å². The largest absolute Gasteiger partial charge is 0.368 e. The molecular weight excluding hydrogens is 376 g/mol. The van der Waals surface area contributed by atoms with E-state index in [2.05, 4.69) is 43.1 Å². The number of anilines is 3. The van der Waals surface area contributed by atoms with Gasteiger partial charge in [-0.15, -0.1) is 0 Å². The topological polar surface area (TPSA) is 83.8 Å². The summed E-state index contributed by atoms with van der Waals surface area (Å²) in [5, 5.41) is 6.64. The molecule has 3 aromatic heterocycles.